The molecule has 0 heterocycles. The first-order valence-electron chi connectivity index (χ1n) is 7.68. The Balaban J connectivity index is 4.91. The molecule has 0 spiro atoms. The van der Waals surface area contributed by atoms with Gasteiger partial charge in [-0.3, -0.25) is 0 Å². The number of rotatable bonds is 10. The van der Waals surface area contributed by atoms with Crippen LogP contribution in [0.4, 0.5) is 0 Å². The Morgan fingerprint density at radius 1 is 0.765 bits per heavy atom. The minimum absolute atomic E-state index is 0.491. The molecule has 0 aromatic rings. The van der Waals surface area contributed by atoms with Crippen LogP contribution in [0.3, 0.4) is 0 Å². The van der Waals surface area contributed by atoms with Crippen molar-refractivity contribution in [3.63, 3.8) is 0 Å². The van der Waals surface area contributed by atoms with Crippen LogP contribution in [0.1, 0.15) is 73.1 Å². The SMILES string of the molecule is CCCCP(O)(CCCC)(CCCC)C(C)C. The summed E-state index contributed by atoms with van der Waals surface area (Å²) in [5.41, 5.74) is 0.491. The second-order valence-electron chi connectivity index (χ2n) is 6.08. The zero-order valence-corrected chi connectivity index (χ0v) is 13.7. The van der Waals surface area contributed by atoms with Gasteiger partial charge in [-0.1, -0.05) is 0 Å². The predicted molar refractivity (Wildman–Crippen MR) is 83.6 cm³/mol. The van der Waals surface area contributed by atoms with Gasteiger partial charge >= 0.3 is 109 Å². The third-order valence-electron chi connectivity index (χ3n) is 4.50. The van der Waals surface area contributed by atoms with Crippen LogP contribution >= 0.6 is 6.83 Å². The van der Waals surface area contributed by atoms with Gasteiger partial charge in [0, 0.05) is 0 Å². The molecule has 0 aliphatic carbocycles. The Labute approximate surface area is 109 Å². The Hall–Kier alpha value is 0.390. The fourth-order valence-corrected chi connectivity index (χ4v) is 8.22. The number of hydrogen-bond donors (Lipinski definition) is 1. The van der Waals surface area contributed by atoms with Gasteiger partial charge in [-0.25, -0.2) is 0 Å². The average molecular weight is 262 g/mol. The molecule has 1 N–H and O–H groups in total. The first kappa shape index (κ1) is 17.4. The Kier molecular flexibility index (Phi) is 7.92. The molecule has 2 heteroatoms. The van der Waals surface area contributed by atoms with Crippen molar-refractivity contribution in [1.82, 2.24) is 0 Å². The molecule has 0 amide bonds. The van der Waals surface area contributed by atoms with Gasteiger partial charge in [-0.05, 0) is 0 Å². The van der Waals surface area contributed by atoms with Crippen molar-refractivity contribution in [2.75, 3.05) is 18.5 Å². The Morgan fingerprint density at radius 2 is 1.06 bits per heavy atom. The average Bonchev–Trinajstić information content (AvgIpc) is 2.32. The fraction of sp³-hybridized carbons (Fsp3) is 1.00. The molecule has 0 unspecified atom stereocenters. The molecular weight excluding hydrogens is 227 g/mol. The summed E-state index contributed by atoms with van der Waals surface area (Å²) in [6, 6.07) is 0. The zero-order chi connectivity index (χ0) is 13.4. The van der Waals surface area contributed by atoms with E-state index in [1.54, 1.807) is 0 Å². The molecule has 106 valence electrons. The van der Waals surface area contributed by atoms with E-state index >= 15 is 0 Å². The van der Waals surface area contributed by atoms with E-state index in [0.29, 0.717) is 5.66 Å². The molecule has 17 heavy (non-hydrogen) atoms. The predicted octanol–water partition coefficient (Wildman–Crippen LogP) is 5.26. The molecule has 0 saturated carbocycles. The monoisotopic (exact) mass is 262 g/mol. The van der Waals surface area contributed by atoms with Crippen molar-refractivity contribution in [1.29, 1.82) is 0 Å². The maximum absolute atomic E-state index is 11.6. The van der Waals surface area contributed by atoms with Gasteiger partial charge in [0.2, 0.25) is 0 Å². The quantitative estimate of drug-likeness (QED) is 0.533. The summed E-state index contributed by atoms with van der Waals surface area (Å²) in [6.07, 6.45) is 10.6. The third-order valence-corrected chi connectivity index (χ3v) is 11.4. The van der Waals surface area contributed by atoms with Crippen LogP contribution in [0, 0.1) is 0 Å². The van der Waals surface area contributed by atoms with Crippen molar-refractivity contribution in [2.24, 2.45) is 0 Å². The van der Waals surface area contributed by atoms with Crippen LogP contribution in [0.25, 0.3) is 0 Å². The van der Waals surface area contributed by atoms with Crippen molar-refractivity contribution < 1.29 is 4.89 Å². The van der Waals surface area contributed by atoms with Gasteiger partial charge in [-0.15, -0.1) is 0 Å². The van der Waals surface area contributed by atoms with E-state index in [2.05, 4.69) is 34.6 Å². The molecule has 0 radical (unpaired) electrons. The van der Waals surface area contributed by atoms with Crippen LogP contribution in [-0.2, 0) is 0 Å². The molecule has 0 rings (SSSR count). The summed E-state index contributed by atoms with van der Waals surface area (Å²) >= 11 is 0. The minimum atomic E-state index is -2.42. The van der Waals surface area contributed by atoms with Crippen LogP contribution < -0.4 is 0 Å². The maximum atomic E-state index is 11.6. The molecule has 0 bridgehead atoms. The van der Waals surface area contributed by atoms with Crippen molar-refractivity contribution in [2.45, 2.75) is 78.8 Å². The van der Waals surface area contributed by atoms with Gasteiger partial charge < -0.3 is 0 Å². The summed E-state index contributed by atoms with van der Waals surface area (Å²) in [5, 5.41) is 0. The van der Waals surface area contributed by atoms with E-state index < -0.39 is 6.83 Å². The molecule has 0 fully saturated rings. The first-order chi connectivity index (χ1) is 7.93. The molecule has 1 nitrogen and oxygen atoms in total. The molecule has 0 aliphatic heterocycles. The topological polar surface area (TPSA) is 20.2 Å². The van der Waals surface area contributed by atoms with E-state index in [-0.39, 0.29) is 0 Å². The zero-order valence-electron chi connectivity index (χ0n) is 12.8. The standard InChI is InChI=1S/C15H35OP/c1-6-9-12-17(16,15(4)5,13-10-7-2)14-11-8-3/h15-16H,6-14H2,1-5H3. The summed E-state index contributed by atoms with van der Waals surface area (Å²) in [7, 11) is 0. The summed E-state index contributed by atoms with van der Waals surface area (Å²) < 4.78 is 0. The second-order valence-corrected chi connectivity index (χ2v) is 12.0. The fourth-order valence-electron chi connectivity index (χ4n) is 2.74. The van der Waals surface area contributed by atoms with E-state index in [1.807, 2.05) is 0 Å². The van der Waals surface area contributed by atoms with Crippen LogP contribution in [-0.4, -0.2) is 29.0 Å². The van der Waals surface area contributed by atoms with E-state index in [4.69, 9.17) is 0 Å². The first-order valence-corrected chi connectivity index (χ1v) is 10.5. The van der Waals surface area contributed by atoms with E-state index in [1.165, 1.54) is 38.5 Å². The van der Waals surface area contributed by atoms with Crippen LogP contribution in [0.5, 0.6) is 0 Å². The summed E-state index contributed by atoms with van der Waals surface area (Å²) in [4.78, 5) is 11.6. The summed E-state index contributed by atoms with van der Waals surface area (Å²) in [6.45, 7) is 8.82. The van der Waals surface area contributed by atoms with Gasteiger partial charge in [0.25, 0.3) is 0 Å². The second kappa shape index (κ2) is 7.74. The van der Waals surface area contributed by atoms with Gasteiger partial charge in [-0.2, -0.15) is 0 Å². The van der Waals surface area contributed by atoms with E-state index in [9.17, 15) is 4.89 Å². The van der Waals surface area contributed by atoms with Gasteiger partial charge in [0.15, 0.2) is 0 Å². The third kappa shape index (κ3) is 4.87. The molecule has 0 aromatic heterocycles. The Bertz CT molecular complexity index is 177. The molecule has 0 aliphatic rings. The van der Waals surface area contributed by atoms with Gasteiger partial charge in [0.05, 0.1) is 0 Å². The molecule has 0 atom stereocenters. The normalized spacial score (nSPS) is 14.9. The molecule has 0 saturated heterocycles. The Morgan fingerprint density at radius 3 is 1.24 bits per heavy atom. The number of unbranched alkanes of at least 4 members (excludes halogenated alkanes) is 3. The molecular formula is C15H35OP. The van der Waals surface area contributed by atoms with Crippen LogP contribution in [0.2, 0.25) is 0 Å². The van der Waals surface area contributed by atoms with Crippen LogP contribution in [0.15, 0.2) is 0 Å². The van der Waals surface area contributed by atoms with E-state index in [0.717, 1.165) is 18.5 Å². The molecule has 0 aromatic carbocycles. The summed E-state index contributed by atoms with van der Waals surface area (Å²) in [5.74, 6) is 0. The van der Waals surface area contributed by atoms with Crippen molar-refractivity contribution >= 4 is 6.83 Å². The van der Waals surface area contributed by atoms with Gasteiger partial charge in [0.1, 0.15) is 0 Å². The van der Waals surface area contributed by atoms with Crippen molar-refractivity contribution in [3.8, 4) is 0 Å². The van der Waals surface area contributed by atoms with Crippen molar-refractivity contribution in [3.05, 3.63) is 0 Å². The number of hydrogen-bond acceptors (Lipinski definition) is 1.